The van der Waals surface area contributed by atoms with E-state index in [4.69, 9.17) is 4.74 Å². The number of nitrogens with one attached hydrogen (secondary N) is 2. The fourth-order valence-electron chi connectivity index (χ4n) is 1.98. The molecule has 2 amide bonds. The van der Waals surface area contributed by atoms with Crippen molar-refractivity contribution in [3.63, 3.8) is 0 Å². The molecule has 0 radical (unpaired) electrons. The summed E-state index contributed by atoms with van der Waals surface area (Å²) in [4.78, 5) is 23.6. The van der Waals surface area contributed by atoms with Gasteiger partial charge in [-0.15, -0.1) is 10.2 Å². The number of ether oxygens (including phenoxy) is 1. The van der Waals surface area contributed by atoms with E-state index in [9.17, 15) is 9.59 Å². The summed E-state index contributed by atoms with van der Waals surface area (Å²) in [6.45, 7) is 5.31. The quantitative estimate of drug-likeness (QED) is 0.758. The first-order chi connectivity index (χ1) is 11.6. The lowest BCUT2D eigenvalue weighted by atomic mass is 10.2. The highest BCUT2D eigenvalue weighted by Crippen LogP contribution is 2.10. The Balaban J connectivity index is 1.84. The van der Waals surface area contributed by atoms with Gasteiger partial charge in [0.1, 0.15) is 6.33 Å². The maximum atomic E-state index is 11.9. The highest BCUT2D eigenvalue weighted by Gasteiger charge is 2.08. The van der Waals surface area contributed by atoms with Gasteiger partial charge in [-0.2, -0.15) is 0 Å². The van der Waals surface area contributed by atoms with Crippen LogP contribution in [0.2, 0.25) is 0 Å². The number of carbonyl (C=O) groups is 2. The lowest BCUT2D eigenvalue weighted by molar-refractivity contribution is 0.0505. The summed E-state index contributed by atoms with van der Waals surface area (Å²) < 4.78 is 6.89. The normalized spacial score (nSPS) is 10.2. The number of amides is 2. The molecule has 2 N–H and O–H groups in total. The van der Waals surface area contributed by atoms with Crippen molar-refractivity contribution in [2.75, 3.05) is 11.9 Å². The molecule has 0 saturated heterocycles. The Labute approximate surface area is 140 Å². The van der Waals surface area contributed by atoms with Crippen LogP contribution in [-0.4, -0.2) is 33.4 Å². The summed E-state index contributed by atoms with van der Waals surface area (Å²) in [5, 5.41) is 13.1. The van der Waals surface area contributed by atoms with Crippen LogP contribution in [-0.2, 0) is 17.8 Å². The van der Waals surface area contributed by atoms with Gasteiger partial charge in [0.15, 0.2) is 5.82 Å². The largest absolute Gasteiger partial charge is 0.462 e. The van der Waals surface area contributed by atoms with Crippen LogP contribution in [0, 0.1) is 0 Å². The van der Waals surface area contributed by atoms with Gasteiger partial charge in [-0.1, -0.05) is 6.92 Å². The number of aromatic nitrogens is 3. The van der Waals surface area contributed by atoms with Crippen molar-refractivity contribution in [1.29, 1.82) is 0 Å². The molecule has 1 heterocycles. The minimum Gasteiger partial charge on any atom is -0.462 e. The van der Waals surface area contributed by atoms with Crippen LogP contribution in [0.1, 0.15) is 36.5 Å². The summed E-state index contributed by atoms with van der Waals surface area (Å²) in [6, 6.07) is 6.16. The summed E-state index contributed by atoms with van der Waals surface area (Å²) in [5.41, 5.74) is 1.03. The highest BCUT2D eigenvalue weighted by molar-refractivity contribution is 5.92. The fourth-order valence-corrected chi connectivity index (χ4v) is 1.98. The van der Waals surface area contributed by atoms with Crippen molar-refractivity contribution in [1.82, 2.24) is 20.1 Å². The Hall–Kier alpha value is -2.90. The minimum absolute atomic E-state index is 0.279. The molecule has 2 aromatic rings. The molecule has 128 valence electrons. The van der Waals surface area contributed by atoms with Gasteiger partial charge in [-0.25, -0.2) is 9.59 Å². The smallest absolute Gasteiger partial charge is 0.338 e. The van der Waals surface area contributed by atoms with Gasteiger partial charge in [0, 0.05) is 12.2 Å². The molecule has 0 fully saturated rings. The van der Waals surface area contributed by atoms with Gasteiger partial charge >= 0.3 is 12.0 Å². The average molecular weight is 331 g/mol. The summed E-state index contributed by atoms with van der Waals surface area (Å²) in [6.07, 6.45) is 2.39. The Morgan fingerprint density at radius 2 is 1.96 bits per heavy atom. The molecule has 1 aromatic heterocycles. The van der Waals surface area contributed by atoms with Crippen LogP contribution in [0.5, 0.6) is 0 Å². The maximum absolute atomic E-state index is 11.9. The van der Waals surface area contributed by atoms with Gasteiger partial charge in [-0.3, -0.25) is 0 Å². The topological polar surface area (TPSA) is 98.1 Å². The lowest BCUT2D eigenvalue weighted by Gasteiger charge is -2.08. The number of anilines is 1. The first kappa shape index (κ1) is 17.5. The number of hydrogen-bond donors (Lipinski definition) is 2. The Morgan fingerprint density at radius 3 is 2.62 bits per heavy atom. The molecule has 0 bridgehead atoms. The van der Waals surface area contributed by atoms with E-state index in [1.54, 1.807) is 30.6 Å². The van der Waals surface area contributed by atoms with Gasteiger partial charge < -0.3 is 19.9 Å². The van der Waals surface area contributed by atoms with Crippen molar-refractivity contribution < 1.29 is 14.3 Å². The third-order valence-corrected chi connectivity index (χ3v) is 3.26. The summed E-state index contributed by atoms with van der Waals surface area (Å²) in [5.74, 6) is 0.313. The number of benzene rings is 1. The zero-order valence-corrected chi connectivity index (χ0v) is 13.8. The second-order valence-electron chi connectivity index (χ2n) is 5.05. The van der Waals surface area contributed by atoms with Crippen LogP contribution in [0.3, 0.4) is 0 Å². The molecule has 0 aliphatic heterocycles. The molecule has 0 aliphatic rings. The Kier molecular flexibility index (Phi) is 6.30. The van der Waals surface area contributed by atoms with E-state index < -0.39 is 0 Å². The molecular formula is C16H21N5O3. The van der Waals surface area contributed by atoms with Crippen molar-refractivity contribution in [3.8, 4) is 0 Å². The number of aryl methyl sites for hydroxylation is 1. The van der Waals surface area contributed by atoms with E-state index in [2.05, 4.69) is 20.8 Å². The van der Waals surface area contributed by atoms with Crippen LogP contribution in [0.15, 0.2) is 30.6 Å². The van der Waals surface area contributed by atoms with E-state index in [-0.39, 0.29) is 18.5 Å². The number of rotatable bonds is 7. The van der Waals surface area contributed by atoms with E-state index in [0.29, 0.717) is 23.7 Å². The second kappa shape index (κ2) is 8.66. The first-order valence-electron chi connectivity index (χ1n) is 7.82. The number of carbonyl (C=O) groups excluding carboxylic acids is 2. The third kappa shape index (κ3) is 4.80. The number of hydrogen-bond acceptors (Lipinski definition) is 5. The monoisotopic (exact) mass is 331 g/mol. The molecule has 1 aromatic carbocycles. The average Bonchev–Trinajstić information content (AvgIpc) is 3.06. The van der Waals surface area contributed by atoms with E-state index in [0.717, 1.165) is 13.0 Å². The zero-order valence-electron chi connectivity index (χ0n) is 13.8. The van der Waals surface area contributed by atoms with Gasteiger partial charge in [0.25, 0.3) is 0 Å². The number of nitrogens with zero attached hydrogens (tertiary/aromatic N) is 3. The van der Waals surface area contributed by atoms with E-state index >= 15 is 0 Å². The molecule has 0 saturated carbocycles. The SMILES string of the molecule is CCCOC(=O)c1ccc(NC(=O)NCc2nncn2CC)cc1. The molecule has 0 unspecified atom stereocenters. The summed E-state index contributed by atoms with van der Waals surface area (Å²) >= 11 is 0. The lowest BCUT2D eigenvalue weighted by Crippen LogP contribution is -2.29. The Bertz CT molecular complexity index is 681. The standard InChI is InChI=1S/C16H21N5O3/c1-3-9-24-15(22)12-5-7-13(8-6-12)19-16(23)17-10-14-20-18-11-21(14)4-2/h5-8,11H,3-4,9-10H2,1-2H3,(H2,17,19,23). The van der Waals surface area contributed by atoms with Crippen LogP contribution in [0.4, 0.5) is 10.5 Å². The van der Waals surface area contributed by atoms with Crippen LogP contribution < -0.4 is 10.6 Å². The van der Waals surface area contributed by atoms with Crippen molar-refractivity contribution in [2.45, 2.75) is 33.4 Å². The zero-order chi connectivity index (χ0) is 17.4. The highest BCUT2D eigenvalue weighted by atomic mass is 16.5. The second-order valence-corrected chi connectivity index (χ2v) is 5.05. The fraction of sp³-hybridized carbons (Fsp3) is 0.375. The number of urea groups is 1. The predicted molar refractivity (Wildman–Crippen MR) is 88.6 cm³/mol. The number of esters is 1. The van der Waals surface area contributed by atoms with Crippen molar-refractivity contribution in [3.05, 3.63) is 42.0 Å². The van der Waals surface area contributed by atoms with Gasteiger partial charge in [-0.05, 0) is 37.6 Å². The molecule has 8 nitrogen and oxygen atoms in total. The Morgan fingerprint density at radius 1 is 1.21 bits per heavy atom. The molecule has 0 atom stereocenters. The van der Waals surface area contributed by atoms with E-state index in [1.165, 1.54) is 0 Å². The third-order valence-electron chi connectivity index (χ3n) is 3.26. The van der Waals surface area contributed by atoms with Crippen LogP contribution in [0.25, 0.3) is 0 Å². The van der Waals surface area contributed by atoms with Crippen molar-refractivity contribution >= 4 is 17.7 Å². The van der Waals surface area contributed by atoms with Gasteiger partial charge in [0.05, 0.1) is 18.7 Å². The van der Waals surface area contributed by atoms with Crippen molar-refractivity contribution in [2.24, 2.45) is 0 Å². The summed E-state index contributed by atoms with van der Waals surface area (Å²) in [7, 11) is 0. The minimum atomic E-state index is -0.369. The molecule has 2 rings (SSSR count). The molecule has 0 aliphatic carbocycles. The predicted octanol–water partition coefficient (Wildman–Crippen LogP) is 2.19. The maximum Gasteiger partial charge on any atom is 0.338 e. The molecular weight excluding hydrogens is 310 g/mol. The molecule has 8 heteroatoms. The van der Waals surface area contributed by atoms with Gasteiger partial charge in [0.2, 0.25) is 0 Å². The molecule has 0 spiro atoms. The van der Waals surface area contributed by atoms with E-state index in [1.807, 2.05) is 18.4 Å². The van der Waals surface area contributed by atoms with Crippen LogP contribution >= 0.6 is 0 Å². The molecule has 24 heavy (non-hydrogen) atoms. The first-order valence-corrected chi connectivity index (χ1v) is 7.82.